The highest BCUT2D eigenvalue weighted by Crippen LogP contribution is 2.27. The summed E-state index contributed by atoms with van der Waals surface area (Å²) in [6.45, 7) is 11.9. The fraction of sp³-hybridized carbons (Fsp3) is 0.800. The maximum atomic E-state index is 10.1. The minimum Gasteiger partial charge on any atom is -0.393 e. The van der Waals surface area contributed by atoms with Gasteiger partial charge < -0.3 is 5.11 Å². The molecule has 2 atom stereocenters. The van der Waals surface area contributed by atoms with Gasteiger partial charge in [0.15, 0.2) is 0 Å². The maximum absolute atomic E-state index is 10.1. The molecule has 1 aromatic heterocycles. The minimum absolute atomic E-state index is 0.253. The van der Waals surface area contributed by atoms with Gasteiger partial charge >= 0.3 is 0 Å². The largest absolute Gasteiger partial charge is 0.393 e. The molecule has 1 rings (SSSR count). The van der Waals surface area contributed by atoms with Gasteiger partial charge in [-0.15, -0.1) is 0 Å². The van der Waals surface area contributed by atoms with Gasteiger partial charge in [0, 0.05) is 19.2 Å². The summed E-state index contributed by atoms with van der Waals surface area (Å²) in [5.41, 5.74) is 1.47. The first-order chi connectivity index (χ1) is 8.30. The van der Waals surface area contributed by atoms with E-state index in [0.717, 1.165) is 24.9 Å². The molecule has 3 heteroatoms. The molecule has 0 aliphatic heterocycles. The second-order valence-electron chi connectivity index (χ2n) is 6.67. The Kier molecular flexibility index (Phi) is 5.39. The van der Waals surface area contributed by atoms with Crippen molar-refractivity contribution < 1.29 is 5.11 Å². The molecule has 0 bridgehead atoms. The number of rotatable bonds is 6. The molecular weight excluding hydrogens is 224 g/mol. The molecule has 0 radical (unpaired) electrons. The fourth-order valence-electron chi connectivity index (χ4n) is 2.63. The van der Waals surface area contributed by atoms with Crippen LogP contribution in [0.15, 0.2) is 12.4 Å². The average molecular weight is 252 g/mol. The van der Waals surface area contributed by atoms with Crippen molar-refractivity contribution in [3.63, 3.8) is 0 Å². The summed E-state index contributed by atoms with van der Waals surface area (Å²) < 4.78 is 1.90. The summed E-state index contributed by atoms with van der Waals surface area (Å²) in [4.78, 5) is 0. The molecule has 0 spiro atoms. The Morgan fingerprint density at radius 1 is 1.39 bits per heavy atom. The molecule has 0 saturated heterocycles. The number of hydrogen-bond donors (Lipinski definition) is 1. The van der Waals surface area contributed by atoms with E-state index in [4.69, 9.17) is 0 Å². The lowest BCUT2D eigenvalue weighted by atomic mass is 9.83. The molecule has 18 heavy (non-hydrogen) atoms. The Morgan fingerprint density at radius 2 is 2.06 bits per heavy atom. The quantitative estimate of drug-likeness (QED) is 0.844. The lowest BCUT2D eigenvalue weighted by molar-refractivity contribution is 0.133. The van der Waals surface area contributed by atoms with Gasteiger partial charge in [0.25, 0.3) is 0 Å². The molecule has 0 aliphatic rings. The highest BCUT2D eigenvalue weighted by molar-refractivity contribution is 5.05. The summed E-state index contributed by atoms with van der Waals surface area (Å²) in [5.74, 6) is 0.557. The van der Waals surface area contributed by atoms with E-state index in [-0.39, 0.29) is 6.10 Å². The zero-order chi connectivity index (χ0) is 13.8. The minimum atomic E-state index is -0.253. The van der Waals surface area contributed by atoms with Crippen LogP contribution >= 0.6 is 0 Å². The first-order valence-electron chi connectivity index (χ1n) is 6.99. The van der Waals surface area contributed by atoms with E-state index in [1.54, 1.807) is 0 Å². The fourth-order valence-corrected chi connectivity index (χ4v) is 2.63. The van der Waals surface area contributed by atoms with Gasteiger partial charge in [-0.05, 0) is 36.7 Å². The predicted octanol–water partition coefficient (Wildman–Crippen LogP) is 3.27. The Labute approximate surface area is 111 Å². The molecule has 0 amide bonds. The van der Waals surface area contributed by atoms with Crippen molar-refractivity contribution in [3.8, 4) is 0 Å². The first kappa shape index (κ1) is 15.2. The van der Waals surface area contributed by atoms with Crippen LogP contribution < -0.4 is 0 Å². The molecule has 104 valence electrons. The molecular formula is C15H28N2O. The summed E-state index contributed by atoms with van der Waals surface area (Å²) in [6.07, 6.45) is 6.37. The Morgan fingerprint density at radius 3 is 2.56 bits per heavy atom. The number of aliphatic hydroxyl groups excluding tert-OH is 1. The molecule has 1 N–H and O–H groups in total. The second kappa shape index (κ2) is 6.37. The van der Waals surface area contributed by atoms with E-state index < -0.39 is 0 Å². The molecule has 2 unspecified atom stereocenters. The van der Waals surface area contributed by atoms with Crippen LogP contribution in [0, 0.1) is 11.3 Å². The molecule has 0 saturated carbocycles. The van der Waals surface area contributed by atoms with Gasteiger partial charge in [-0.1, -0.05) is 27.7 Å². The molecule has 0 aliphatic carbocycles. The summed E-state index contributed by atoms with van der Waals surface area (Å²) in [7, 11) is 0. The number of hydrogen-bond acceptors (Lipinski definition) is 2. The number of nitrogens with zero attached hydrogens (tertiary/aromatic N) is 2. The number of aliphatic hydroxyl groups is 1. The van der Waals surface area contributed by atoms with Gasteiger partial charge in [-0.25, -0.2) is 0 Å². The van der Waals surface area contributed by atoms with Crippen molar-refractivity contribution in [2.75, 3.05) is 0 Å². The van der Waals surface area contributed by atoms with E-state index in [1.807, 2.05) is 17.1 Å². The lowest BCUT2D eigenvalue weighted by Crippen LogP contribution is -2.18. The Hall–Kier alpha value is -0.830. The smallest absolute Gasteiger partial charge is 0.0584 e. The first-order valence-corrected chi connectivity index (χ1v) is 6.99. The Balaban J connectivity index is 2.39. The topological polar surface area (TPSA) is 38.0 Å². The van der Waals surface area contributed by atoms with Crippen LogP contribution in [0.3, 0.4) is 0 Å². The van der Waals surface area contributed by atoms with Gasteiger partial charge in [0.05, 0.1) is 12.3 Å². The van der Waals surface area contributed by atoms with E-state index in [1.165, 1.54) is 0 Å². The van der Waals surface area contributed by atoms with E-state index in [9.17, 15) is 5.11 Å². The van der Waals surface area contributed by atoms with E-state index in [2.05, 4.69) is 39.7 Å². The zero-order valence-corrected chi connectivity index (χ0v) is 12.5. The molecule has 0 aromatic carbocycles. The van der Waals surface area contributed by atoms with Crippen LogP contribution in [0.4, 0.5) is 0 Å². The molecule has 0 fully saturated rings. The highest BCUT2D eigenvalue weighted by atomic mass is 16.3. The Bertz CT molecular complexity index is 352. The van der Waals surface area contributed by atoms with Gasteiger partial charge in [-0.3, -0.25) is 4.68 Å². The highest BCUT2D eigenvalue weighted by Gasteiger charge is 2.18. The third-order valence-electron chi connectivity index (χ3n) is 3.12. The molecule has 1 heterocycles. The SMILES string of the molecule is CCn1cc(CC(O)CC(C)CC(C)(C)C)cn1. The molecule has 1 aromatic rings. The average Bonchev–Trinajstić information content (AvgIpc) is 2.61. The van der Waals surface area contributed by atoms with Crippen LogP contribution in [0.1, 0.15) is 53.0 Å². The van der Waals surface area contributed by atoms with Crippen LogP contribution in [0.2, 0.25) is 0 Å². The van der Waals surface area contributed by atoms with Crippen molar-refractivity contribution in [3.05, 3.63) is 18.0 Å². The monoisotopic (exact) mass is 252 g/mol. The van der Waals surface area contributed by atoms with E-state index >= 15 is 0 Å². The van der Waals surface area contributed by atoms with Crippen molar-refractivity contribution in [1.82, 2.24) is 9.78 Å². The summed E-state index contributed by atoms with van der Waals surface area (Å²) in [5, 5.41) is 14.3. The molecule has 3 nitrogen and oxygen atoms in total. The normalized spacial score (nSPS) is 15.7. The third-order valence-corrected chi connectivity index (χ3v) is 3.12. The van der Waals surface area contributed by atoms with Crippen LogP contribution in [0.25, 0.3) is 0 Å². The number of aromatic nitrogens is 2. The van der Waals surface area contributed by atoms with Crippen molar-refractivity contribution in [2.45, 2.75) is 66.5 Å². The standard InChI is InChI=1S/C15H28N2O/c1-6-17-11-13(10-16-17)8-14(18)7-12(2)9-15(3,4)5/h10-12,14,18H,6-9H2,1-5H3. The number of aryl methyl sites for hydroxylation is 1. The van der Waals surface area contributed by atoms with Crippen LogP contribution in [-0.4, -0.2) is 21.0 Å². The van der Waals surface area contributed by atoms with E-state index in [0.29, 0.717) is 17.8 Å². The summed E-state index contributed by atoms with van der Waals surface area (Å²) >= 11 is 0. The lowest BCUT2D eigenvalue weighted by Gasteiger charge is -2.24. The van der Waals surface area contributed by atoms with Gasteiger partial charge in [0.1, 0.15) is 0 Å². The summed E-state index contributed by atoms with van der Waals surface area (Å²) in [6, 6.07) is 0. The van der Waals surface area contributed by atoms with Gasteiger partial charge in [-0.2, -0.15) is 5.10 Å². The van der Waals surface area contributed by atoms with Crippen molar-refractivity contribution >= 4 is 0 Å². The predicted molar refractivity (Wildman–Crippen MR) is 75.5 cm³/mol. The van der Waals surface area contributed by atoms with Gasteiger partial charge in [0.2, 0.25) is 0 Å². The van der Waals surface area contributed by atoms with Crippen LogP contribution in [0.5, 0.6) is 0 Å². The van der Waals surface area contributed by atoms with Crippen molar-refractivity contribution in [2.24, 2.45) is 11.3 Å². The third kappa shape index (κ3) is 5.67. The van der Waals surface area contributed by atoms with Crippen molar-refractivity contribution in [1.29, 1.82) is 0 Å². The second-order valence-corrected chi connectivity index (χ2v) is 6.67. The zero-order valence-electron chi connectivity index (χ0n) is 12.5. The van der Waals surface area contributed by atoms with Crippen LogP contribution in [-0.2, 0) is 13.0 Å². The maximum Gasteiger partial charge on any atom is 0.0584 e.